The number of thioether (sulfide) groups is 1. The second-order valence-corrected chi connectivity index (χ2v) is 6.23. The molecular weight excluding hydrogens is 226 g/mol. The molecule has 0 saturated heterocycles. The minimum Gasteiger partial charge on any atom is -0.274 e. The molecule has 0 amide bonds. The van der Waals surface area contributed by atoms with Gasteiger partial charge in [-0.3, -0.25) is 4.99 Å². The van der Waals surface area contributed by atoms with Gasteiger partial charge in [-0.15, -0.1) is 11.8 Å². The molecule has 1 fully saturated rings. The van der Waals surface area contributed by atoms with Gasteiger partial charge >= 0.3 is 0 Å². The summed E-state index contributed by atoms with van der Waals surface area (Å²) in [5.41, 5.74) is 2.63. The fraction of sp³-hybridized carbons (Fsp3) is 0.533. The Hall–Kier alpha value is -0.760. The SMILES string of the molecule is Cc1ccc(C2=N[C@@H]3CCCC[C@@H]3CS2)cc1. The average molecular weight is 245 g/mol. The van der Waals surface area contributed by atoms with Crippen molar-refractivity contribution in [2.45, 2.75) is 38.6 Å². The monoisotopic (exact) mass is 245 g/mol. The highest BCUT2D eigenvalue weighted by Crippen LogP contribution is 2.35. The summed E-state index contributed by atoms with van der Waals surface area (Å²) < 4.78 is 0. The maximum atomic E-state index is 4.98. The number of aliphatic imine (C=N–C) groups is 1. The van der Waals surface area contributed by atoms with Crippen LogP contribution in [0, 0.1) is 12.8 Å². The van der Waals surface area contributed by atoms with E-state index in [-0.39, 0.29) is 0 Å². The van der Waals surface area contributed by atoms with Crippen molar-refractivity contribution in [2.24, 2.45) is 10.9 Å². The number of aryl methyl sites for hydroxylation is 1. The van der Waals surface area contributed by atoms with E-state index >= 15 is 0 Å². The smallest absolute Gasteiger partial charge is 0.0980 e. The average Bonchev–Trinajstić information content (AvgIpc) is 2.39. The molecule has 0 aromatic heterocycles. The van der Waals surface area contributed by atoms with E-state index in [0.717, 1.165) is 5.92 Å². The lowest BCUT2D eigenvalue weighted by Crippen LogP contribution is -2.30. The topological polar surface area (TPSA) is 12.4 Å². The number of nitrogens with zero attached hydrogens (tertiary/aromatic N) is 1. The van der Waals surface area contributed by atoms with Crippen molar-refractivity contribution in [2.75, 3.05) is 5.75 Å². The van der Waals surface area contributed by atoms with Gasteiger partial charge in [0.25, 0.3) is 0 Å². The van der Waals surface area contributed by atoms with E-state index in [2.05, 4.69) is 31.2 Å². The maximum absolute atomic E-state index is 4.98. The molecule has 1 saturated carbocycles. The Labute approximate surface area is 108 Å². The first kappa shape index (κ1) is 11.3. The van der Waals surface area contributed by atoms with Crippen LogP contribution in [0.2, 0.25) is 0 Å². The molecule has 1 aliphatic heterocycles. The molecule has 0 unspecified atom stereocenters. The Morgan fingerprint density at radius 1 is 1.12 bits per heavy atom. The lowest BCUT2D eigenvalue weighted by Gasteiger charge is -2.32. The van der Waals surface area contributed by atoms with Crippen molar-refractivity contribution in [3.05, 3.63) is 35.4 Å². The first-order valence-electron chi connectivity index (χ1n) is 6.60. The summed E-state index contributed by atoms with van der Waals surface area (Å²) in [6.07, 6.45) is 5.48. The zero-order valence-corrected chi connectivity index (χ0v) is 11.2. The third kappa shape index (κ3) is 2.42. The van der Waals surface area contributed by atoms with Crippen LogP contribution in [0.25, 0.3) is 0 Å². The van der Waals surface area contributed by atoms with E-state index in [4.69, 9.17) is 4.99 Å². The number of hydrogen-bond acceptors (Lipinski definition) is 2. The molecule has 0 N–H and O–H groups in total. The van der Waals surface area contributed by atoms with Gasteiger partial charge in [-0.1, -0.05) is 42.7 Å². The van der Waals surface area contributed by atoms with E-state index in [0.29, 0.717) is 6.04 Å². The maximum Gasteiger partial charge on any atom is 0.0980 e. The van der Waals surface area contributed by atoms with Gasteiger partial charge in [-0.05, 0) is 25.7 Å². The molecule has 2 aliphatic rings. The van der Waals surface area contributed by atoms with Crippen LogP contribution >= 0.6 is 11.8 Å². The van der Waals surface area contributed by atoms with E-state index in [1.165, 1.54) is 47.6 Å². The molecule has 1 aromatic carbocycles. The zero-order valence-electron chi connectivity index (χ0n) is 10.4. The van der Waals surface area contributed by atoms with Crippen molar-refractivity contribution >= 4 is 16.8 Å². The molecule has 3 rings (SSSR count). The van der Waals surface area contributed by atoms with E-state index in [1.54, 1.807) is 0 Å². The number of hydrogen-bond donors (Lipinski definition) is 0. The number of benzene rings is 1. The summed E-state index contributed by atoms with van der Waals surface area (Å²) in [5.74, 6) is 2.13. The van der Waals surface area contributed by atoms with Crippen molar-refractivity contribution in [1.29, 1.82) is 0 Å². The molecule has 1 heterocycles. The highest BCUT2D eigenvalue weighted by molar-refractivity contribution is 8.14. The van der Waals surface area contributed by atoms with Crippen molar-refractivity contribution in [1.82, 2.24) is 0 Å². The van der Waals surface area contributed by atoms with Gasteiger partial charge in [0.05, 0.1) is 11.1 Å². The highest BCUT2D eigenvalue weighted by Gasteiger charge is 2.29. The molecular formula is C15H19NS. The predicted molar refractivity (Wildman–Crippen MR) is 75.9 cm³/mol. The molecule has 0 bridgehead atoms. The van der Waals surface area contributed by atoms with Crippen LogP contribution in [-0.2, 0) is 0 Å². The van der Waals surface area contributed by atoms with Crippen LogP contribution in [0.1, 0.15) is 36.8 Å². The van der Waals surface area contributed by atoms with Crippen LogP contribution in [0.5, 0.6) is 0 Å². The Balaban J connectivity index is 1.84. The summed E-state index contributed by atoms with van der Waals surface area (Å²) in [6.45, 7) is 2.14. The summed E-state index contributed by atoms with van der Waals surface area (Å²) in [6, 6.07) is 9.41. The van der Waals surface area contributed by atoms with Crippen molar-refractivity contribution in [3.63, 3.8) is 0 Å². The summed E-state index contributed by atoms with van der Waals surface area (Å²) in [5, 5.41) is 1.27. The van der Waals surface area contributed by atoms with Gasteiger partial charge in [0.2, 0.25) is 0 Å². The number of rotatable bonds is 1. The Morgan fingerprint density at radius 3 is 2.71 bits per heavy atom. The van der Waals surface area contributed by atoms with E-state index in [1.807, 2.05) is 11.8 Å². The van der Waals surface area contributed by atoms with Gasteiger partial charge in [0.15, 0.2) is 0 Å². The lowest BCUT2D eigenvalue weighted by atomic mass is 9.86. The van der Waals surface area contributed by atoms with E-state index < -0.39 is 0 Å². The zero-order chi connectivity index (χ0) is 11.7. The fourth-order valence-corrected chi connectivity index (χ4v) is 4.05. The minimum absolute atomic E-state index is 0.612. The van der Waals surface area contributed by atoms with Crippen LogP contribution in [0.4, 0.5) is 0 Å². The van der Waals surface area contributed by atoms with Crippen LogP contribution in [0.15, 0.2) is 29.3 Å². The first-order chi connectivity index (χ1) is 8.33. The van der Waals surface area contributed by atoms with Crippen molar-refractivity contribution in [3.8, 4) is 0 Å². The molecule has 2 atom stereocenters. The minimum atomic E-state index is 0.612. The third-order valence-electron chi connectivity index (χ3n) is 3.88. The molecule has 17 heavy (non-hydrogen) atoms. The van der Waals surface area contributed by atoms with Crippen LogP contribution < -0.4 is 0 Å². The second-order valence-electron chi connectivity index (χ2n) is 5.22. The quantitative estimate of drug-likeness (QED) is 0.727. The van der Waals surface area contributed by atoms with Gasteiger partial charge in [0.1, 0.15) is 0 Å². The van der Waals surface area contributed by atoms with Crippen molar-refractivity contribution < 1.29 is 0 Å². The second kappa shape index (κ2) is 4.85. The largest absolute Gasteiger partial charge is 0.274 e. The standard InChI is InChI=1S/C15H19NS/c1-11-6-8-12(9-7-11)15-16-14-5-3-2-4-13(14)10-17-15/h6-9,13-14H,2-5,10H2,1H3/t13-,14-/m1/s1. The Morgan fingerprint density at radius 2 is 1.88 bits per heavy atom. The van der Waals surface area contributed by atoms with E-state index in [9.17, 15) is 0 Å². The first-order valence-corrected chi connectivity index (χ1v) is 7.59. The molecule has 1 nitrogen and oxygen atoms in total. The molecule has 0 radical (unpaired) electrons. The fourth-order valence-electron chi connectivity index (χ4n) is 2.78. The van der Waals surface area contributed by atoms with Gasteiger partial charge in [0, 0.05) is 11.3 Å². The van der Waals surface area contributed by atoms with Crippen LogP contribution in [0.3, 0.4) is 0 Å². The summed E-state index contributed by atoms with van der Waals surface area (Å²) in [7, 11) is 0. The molecule has 2 heteroatoms. The molecule has 0 spiro atoms. The summed E-state index contributed by atoms with van der Waals surface area (Å²) in [4.78, 5) is 4.98. The molecule has 1 aromatic rings. The van der Waals surface area contributed by atoms with Gasteiger partial charge in [-0.25, -0.2) is 0 Å². The number of fused-ring (bicyclic) bond motifs is 1. The van der Waals surface area contributed by atoms with Crippen LogP contribution in [-0.4, -0.2) is 16.8 Å². The predicted octanol–water partition coefficient (Wildman–Crippen LogP) is 4.05. The lowest BCUT2D eigenvalue weighted by molar-refractivity contribution is 0.336. The highest BCUT2D eigenvalue weighted by atomic mass is 32.2. The summed E-state index contributed by atoms with van der Waals surface area (Å²) >= 11 is 1.96. The molecule has 90 valence electrons. The van der Waals surface area contributed by atoms with Gasteiger partial charge in [-0.2, -0.15) is 0 Å². The Bertz CT molecular complexity index is 421. The molecule has 1 aliphatic carbocycles. The van der Waals surface area contributed by atoms with Gasteiger partial charge < -0.3 is 0 Å². The third-order valence-corrected chi connectivity index (χ3v) is 5.09. The normalized spacial score (nSPS) is 28.4. The Kier molecular flexibility index (Phi) is 3.24.